The second kappa shape index (κ2) is 6.09. The van der Waals surface area contributed by atoms with Gasteiger partial charge in [-0.1, -0.05) is 19.4 Å². The van der Waals surface area contributed by atoms with E-state index in [-0.39, 0.29) is 5.41 Å². The monoisotopic (exact) mass is 273 g/mol. The average molecular weight is 273 g/mol. The fraction of sp³-hybridized carbons (Fsp3) is 0.611. The molecule has 1 heterocycles. The van der Waals surface area contributed by atoms with Gasteiger partial charge in [-0.15, -0.1) is 0 Å². The lowest BCUT2D eigenvalue weighted by Gasteiger charge is -2.36. The van der Waals surface area contributed by atoms with Crippen LogP contribution in [0.5, 0.6) is 0 Å². The Bertz CT molecular complexity index is 493. The van der Waals surface area contributed by atoms with Gasteiger partial charge in [0.15, 0.2) is 5.78 Å². The standard InChI is InChI=1S/C18H27NO/c1-5-7-18(8-6-9-19-12-18)17(20)16-11-14(3)13(2)10-15(16)4/h10-11,19H,5-9,12H2,1-4H3. The Balaban J connectivity index is 2.39. The highest BCUT2D eigenvalue weighted by Crippen LogP contribution is 2.36. The molecule has 110 valence electrons. The summed E-state index contributed by atoms with van der Waals surface area (Å²) in [6.45, 7) is 10.3. The summed E-state index contributed by atoms with van der Waals surface area (Å²) in [7, 11) is 0. The Kier molecular flexibility index (Phi) is 4.64. The zero-order valence-electron chi connectivity index (χ0n) is 13.3. The molecule has 0 bridgehead atoms. The van der Waals surface area contributed by atoms with Crippen LogP contribution in [-0.2, 0) is 0 Å². The molecule has 1 aromatic rings. The normalized spacial score (nSPS) is 22.8. The minimum absolute atomic E-state index is 0.181. The summed E-state index contributed by atoms with van der Waals surface area (Å²) in [5.74, 6) is 0.354. The molecule has 0 radical (unpaired) electrons. The third-order valence-electron chi connectivity index (χ3n) is 4.77. The third-order valence-corrected chi connectivity index (χ3v) is 4.77. The number of carbonyl (C=O) groups is 1. The van der Waals surface area contributed by atoms with Crippen LogP contribution in [0.4, 0.5) is 0 Å². The van der Waals surface area contributed by atoms with Crippen molar-refractivity contribution in [3.63, 3.8) is 0 Å². The number of aryl methyl sites for hydroxylation is 3. The fourth-order valence-electron chi connectivity index (χ4n) is 3.46. The van der Waals surface area contributed by atoms with E-state index in [9.17, 15) is 4.79 Å². The van der Waals surface area contributed by atoms with Crippen LogP contribution < -0.4 is 5.32 Å². The van der Waals surface area contributed by atoms with Crippen molar-refractivity contribution in [3.8, 4) is 0 Å². The van der Waals surface area contributed by atoms with E-state index < -0.39 is 0 Å². The first-order valence-corrected chi connectivity index (χ1v) is 7.83. The Hall–Kier alpha value is -1.15. The minimum Gasteiger partial charge on any atom is -0.316 e. The Labute approximate surface area is 123 Å². The molecule has 1 aliphatic heterocycles. The van der Waals surface area contributed by atoms with E-state index in [4.69, 9.17) is 0 Å². The second-order valence-corrected chi connectivity index (χ2v) is 6.39. The van der Waals surface area contributed by atoms with Gasteiger partial charge < -0.3 is 5.32 Å². The van der Waals surface area contributed by atoms with E-state index in [1.165, 1.54) is 11.1 Å². The van der Waals surface area contributed by atoms with Crippen LogP contribution in [0.3, 0.4) is 0 Å². The largest absolute Gasteiger partial charge is 0.316 e. The maximum atomic E-state index is 13.2. The second-order valence-electron chi connectivity index (χ2n) is 6.39. The molecule has 1 aliphatic rings. The smallest absolute Gasteiger partial charge is 0.170 e. The van der Waals surface area contributed by atoms with Crippen molar-refractivity contribution in [2.75, 3.05) is 13.1 Å². The summed E-state index contributed by atoms with van der Waals surface area (Å²) in [5, 5.41) is 3.44. The lowest BCUT2D eigenvalue weighted by atomic mass is 9.71. The fourth-order valence-corrected chi connectivity index (χ4v) is 3.46. The lowest BCUT2D eigenvalue weighted by molar-refractivity contribution is 0.0717. The van der Waals surface area contributed by atoms with Crippen molar-refractivity contribution >= 4 is 5.78 Å². The first-order valence-electron chi connectivity index (χ1n) is 7.83. The van der Waals surface area contributed by atoms with Crippen LogP contribution in [0, 0.1) is 26.2 Å². The lowest BCUT2D eigenvalue weighted by Crippen LogP contribution is -2.45. The van der Waals surface area contributed by atoms with E-state index in [0.717, 1.165) is 49.9 Å². The molecule has 0 saturated carbocycles. The number of hydrogen-bond donors (Lipinski definition) is 1. The summed E-state index contributed by atoms with van der Waals surface area (Å²) in [4.78, 5) is 13.2. The number of rotatable bonds is 4. The molecule has 0 aliphatic carbocycles. The molecule has 0 spiro atoms. The number of hydrogen-bond acceptors (Lipinski definition) is 2. The molecule has 1 unspecified atom stereocenters. The molecule has 1 saturated heterocycles. The quantitative estimate of drug-likeness (QED) is 0.841. The number of benzene rings is 1. The number of ketones is 1. The van der Waals surface area contributed by atoms with E-state index in [2.05, 4.69) is 45.1 Å². The molecule has 0 amide bonds. The number of piperidine rings is 1. The van der Waals surface area contributed by atoms with Gasteiger partial charge in [0.25, 0.3) is 0 Å². The molecular weight excluding hydrogens is 246 g/mol. The van der Waals surface area contributed by atoms with Gasteiger partial charge >= 0.3 is 0 Å². The van der Waals surface area contributed by atoms with Crippen molar-refractivity contribution in [2.24, 2.45) is 5.41 Å². The van der Waals surface area contributed by atoms with Gasteiger partial charge in [-0.3, -0.25) is 4.79 Å². The predicted molar refractivity (Wildman–Crippen MR) is 84.4 cm³/mol. The van der Waals surface area contributed by atoms with E-state index >= 15 is 0 Å². The number of Topliss-reactive ketones (excluding diaryl/α,β-unsaturated/α-hetero) is 1. The third kappa shape index (κ3) is 2.80. The molecule has 20 heavy (non-hydrogen) atoms. The van der Waals surface area contributed by atoms with Gasteiger partial charge in [-0.2, -0.15) is 0 Å². The average Bonchev–Trinajstić information content (AvgIpc) is 2.43. The molecule has 0 aromatic heterocycles. The highest BCUT2D eigenvalue weighted by atomic mass is 16.1. The molecule has 1 fully saturated rings. The summed E-state index contributed by atoms with van der Waals surface area (Å²) < 4.78 is 0. The molecule has 1 atom stereocenters. The number of carbonyl (C=O) groups excluding carboxylic acids is 1. The first-order chi connectivity index (χ1) is 9.50. The van der Waals surface area contributed by atoms with Gasteiger partial charge in [0.2, 0.25) is 0 Å². The molecule has 2 heteroatoms. The van der Waals surface area contributed by atoms with Crippen molar-refractivity contribution in [2.45, 2.75) is 53.4 Å². The maximum absolute atomic E-state index is 13.2. The van der Waals surface area contributed by atoms with Crippen LogP contribution in [0.1, 0.15) is 59.7 Å². The summed E-state index contributed by atoms with van der Waals surface area (Å²) >= 11 is 0. The van der Waals surface area contributed by atoms with Gasteiger partial charge in [0.05, 0.1) is 0 Å². The number of nitrogens with one attached hydrogen (secondary N) is 1. The minimum atomic E-state index is -0.181. The van der Waals surface area contributed by atoms with E-state index in [1.807, 2.05) is 0 Å². The Morgan fingerprint density at radius 1 is 1.20 bits per heavy atom. The van der Waals surface area contributed by atoms with Crippen molar-refractivity contribution in [3.05, 3.63) is 34.4 Å². The van der Waals surface area contributed by atoms with Crippen LogP contribution in [0.25, 0.3) is 0 Å². The first kappa shape index (κ1) is 15.2. The molecule has 1 aromatic carbocycles. The summed E-state index contributed by atoms with van der Waals surface area (Å²) in [6, 6.07) is 4.25. The Morgan fingerprint density at radius 3 is 2.50 bits per heavy atom. The molecular formula is C18H27NO. The van der Waals surface area contributed by atoms with E-state index in [1.54, 1.807) is 0 Å². The zero-order valence-corrected chi connectivity index (χ0v) is 13.3. The highest BCUT2D eigenvalue weighted by molar-refractivity contribution is 6.02. The topological polar surface area (TPSA) is 29.1 Å². The SMILES string of the molecule is CCCC1(C(=O)c2cc(C)c(C)cc2C)CCCNC1. The zero-order chi connectivity index (χ0) is 14.8. The van der Waals surface area contributed by atoms with Crippen molar-refractivity contribution in [1.82, 2.24) is 5.32 Å². The molecule has 2 nitrogen and oxygen atoms in total. The van der Waals surface area contributed by atoms with Gasteiger partial charge in [0, 0.05) is 17.5 Å². The van der Waals surface area contributed by atoms with E-state index in [0.29, 0.717) is 5.78 Å². The highest BCUT2D eigenvalue weighted by Gasteiger charge is 2.39. The van der Waals surface area contributed by atoms with Crippen LogP contribution in [-0.4, -0.2) is 18.9 Å². The van der Waals surface area contributed by atoms with Gasteiger partial charge in [0.1, 0.15) is 0 Å². The molecule has 2 rings (SSSR count). The Morgan fingerprint density at radius 2 is 1.90 bits per heavy atom. The summed E-state index contributed by atoms with van der Waals surface area (Å²) in [5.41, 5.74) is 4.36. The van der Waals surface area contributed by atoms with Crippen LogP contribution in [0.2, 0.25) is 0 Å². The van der Waals surface area contributed by atoms with Crippen LogP contribution >= 0.6 is 0 Å². The summed E-state index contributed by atoms with van der Waals surface area (Å²) in [6.07, 6.45) is 4.19. The van der Waals surface area contributed by atoms with Crippen molar-refractivity contribution in [1.29, 1.82) is 0 Å². The predicted octanol–water partition coefficient (Wildman–Crippen LogP) is 3.96. The van der Waals surface area contributed by atoms with Crippen molar-refractivity contribution < 1.29 is 4.79 Å². The van der Waals surface area contributed by atoms with Gasteiger partial charge in [-0.25, -0.2) is 0 Å². The van der Waals surface area contributed by atoms with Crippen LogP contribution in [0.15, 0.2) is 12.1 Å². The molecule has 1 N–H and O–H groups in total. The maximum Gasteiger partial charge on any atom is 0.170 e. The van der Waals surface area contributed by atoms with Gasteiger partial charge in [-0.05, 0) is 69.3 Å².